The molecular formula is C10H20BNO2. The van der Waals surface area contributed by atoms with Gasteiger partial charge in [-0.05, 0) is 31.8 Å². The van der Waals surface area contributed by atoms with Gasteiger partial charge in [-0.2, -0.15) is 0 Å². The Hall–Kier alpha value is -0.505. The summed E-state index contributed by atoms with van der Waals surface area (Å²) >= 11 is 0. The van der Waals surface area contributed by atoms with Crippen molar-refractivity contribution in [1.82, 2.24) is 5.32 Å². The summed E-state index contributed by atoms with van der Waals surface area (Å²) in [7, 11) is 1.91. The molecule has 1 aliphatic heterocycles. The summed E-state index contributed by atoms with van der Waals surface area (Å²) in [6.07, 6.45) is 3.90. The summed E-state index contributed by atoms with van der Waals surface area (Å²) in [5.74, 6) is -0.314. The highest BCUT2D eigenvalue weighted by Crippen LogP contribution is 2.41. The molecule has 4 heteroatoms. The lowest BCUT2D eigenvalue weighted by Crippen LogP contribution is -2.33. The summed E-state index contributed by atoms with van der Waals surface area (Å²) in [5, 5.41) is 12.0. The van der Waals surface area contributed by atoms with E-state index in [0.717, 1.165) is 38.8 Å². The molecule has 1 heterocycles. The summed E-state index contributed by atoms with van der Waals surface area (Å²) < 4.78 is 0. The van der Waals surface area contributed by atoms with Gasteiger partial charge >= 0.3 is 5.97 Å². The van der Waals surface area contributed by atoms with Gasteiger partial charge in [0.2, 0.25) is 0 Å². The monoisotopic (exact) mass is 197 g/mol. The third kappa shape index (κ3) is 2.29. The van der Waals surface area contributed by atoms with Crippen molar-refractivity contribution >= 4 is 13.8 Å². The van der Waals surface area contributed by atoms with E-state index in [1.807, 2.05) is 7.85 Å². The lowest BCUT2D eigenvalue weighted by Gasteiger charge is -2.30. The Morgan fingerprint density at radius 2 is 2.43 bits per heavy atom. The summed E-state index contributed by atoms with van der Waals surface area (Å²) in [6, 6.07) is 0. The topological polar surface area (TPSA) is 49.3 Å². The van der Waals surface area contributed by atoms with Gasteiger partial charge in [-0.1, -0.05) is 19.8 Å². The first kappa shape index (κ1) is 11.6. The summed E-state index contributed by atoms with van der Waals surface area (Å²) in [5.41, 5.74) is 0. The van der Waals surface area contributed by atoms with E-state index in [0.29, 0.717) is 5.92 Å². The third-order valence-corrected chi connectivity index (χ3v) is 3.50. The smallest absolute Gasteiger partial charge is 0.301 e. The van der Waals surface area contributed by atoms with E-state index < -0.39 is 11.3 Å². The van der Waals surface area contributed by atoms with Crippen LogP contribution in [0, 0.1) is 5.92 Å². The van der Waals surface area contributed by atoms with Crippen molar-refractivity contribution in [3.8, 4) is 0 Å². The molecule has 3 nitrogen and oxygen atoms in total. The molecule has 80 valence electrons. The fraction of sp³-hybridized carbons (Fsp3) is 0.900. The molecule has 0 bridgehead atoms. The number of hydrogen-bond acceptors (Lipinski definition) is 2. The Bertz CT molecular complexity index is 204. The number of hydrogen-bond donors (Lipinski definition) is 2. The van der Waals surface area contributed by atoms with Gasteiger partial charge in [0.1, 0.15) is 7.85 Å². The number of carboxylic acid groups (broad SMARTS) is 1. The number of rotatable bonds is 5. The van der Waals surface area contributed by atoms with Crippen LogP contribution in [0.3, 0.4) is 0 Å². The van der Waals surface area contributed by atoms with Crippen LogP contribution in [-0.2, 0) is 4.79 Å². The average Bonchev–Trinajstić information content (AvgIpc) is 2.66. The van der Waals surface area contributed by atoms with E-state index in [1.54, 1.807) is 0 Å². The molecule has 0 aliphatic carbocycles. The van der Waals surface area contributed by atoms with Crippen LogP contribution in [0.25, 0.3) is 0 Å². The van der Waals surface area contributed by atoms with Gasteiger partial charge in [0.05, 0.1) is 0 Å². The van der Waals surface area contributed by atoms with Gasteiger partial charge in [0.25, 0.3) is 0 Å². The predicted molar refractivity (Wildman–Crippen MR) is 59.4 cm³/mol. The van der Waals surface area contributed by atoms with Crippen LogP contribution in [0.4, 0.5) is 0 Å². The Labute approximate surface area is 86.7 Å². The van der Waals surface area contributed by atoms with Gasteiger partial charge in [0.15, 0.2) is 0 Å². The SMILES string of the molecule is BC(CCCC)(C(=O)O)[C@H]1CCNC1. The van der Waals surface area contributed by atoms with Gasteiger partial charge in [-0.3, -0.25) is 4.79 Å². The first-order chi connectivity index (χ1) is 6.61. The molecule has 14 heavy (non-hydrogen) atoms. The maximum atomic E-state index is 11.3. The standard InChI is InChI=1S/C10H20BNO2/c1-2-3-5-10(11,9(13)14)8-4-6-12-7-8/h8,12H,2-7,11H2,1H3,(H,13,14)/t8-,10?/m0/s1. The molecule has 1 unspecified atom stereocenters. The van der Waals surface area contributed by atoms with Crippen LogP contribution >= 0.6 is 0 Å². The van der Waals surface area contributed by atoms with Crippen molar-refractivity contribution in [2.24, 2.45) is 5.92 Å². The molecule has 2 atom stereocenters. The van der Waals surface area contributed by atoms with Crippen LogP contribution in [0.5, 0.6) is 0 Å². The minimum absolute atomic E-state index is 0.312. The number of aliphatic carboxylic acids is 1. The van der Waals surface area contributed by atoms with Crippen LogP contribution in [0.1, 0.15) is 32.6 Å². The lowest BCUT2D eigenvalue weighted by atomic mass is 9.57. The molecule has 1 aliphatic rings. The second-order valence-corrected chi connectivity index (χ2v) is 4.52. The van der Waals surface area contributed by atoms with Crippen molar-refractivity contribution < 1.29 is 9.90 Å². The second kappa shape index (κ2) is 4.83. The largest absolute Gasteiger partial charge is 0.481 e. The van der Waals surface area contributed by atoms with Crippen LogP contribution in [0.2, 0.25) is 5.31 Å². The average molecular weight is 197 g/mol. The zero-order valence-electron chi connectivity index (χ0n) is 9.18. The fourth-order valence-electron chi connectivity index (χ4n) is 2.23. The Balaban J connectivity index is 2.64. The molecule has 0 spiro atoms. The highest BCUT2D eigenvalue weighted by atomic mass is 16.4. The van der Waals surface area contributed by atoms with Crippen molar-refractivity contribution in [2.45, 2.75) is 37.9 Å². The number of carboxylic acids is 1. The van der Waals surface area contributed by atoms with Gasteiger partial charge in [0, 0.05) is 5.31 Å². The molecule has 0 aromatic carbocycles. The number of carbonyl (C=O) groups is 1. The first-order valence-corrected chi connectivity index (χ1v) is 5.55. The van der Waals surface area contributed by atoms with Crippen molar-refractivity contribution in [3.05, 3.63) is 0 Å². The van der Waals surface area contributed by atoms with E-state index in [1.165, 1.54) is 0 Å². The quantitative estimate of drug-likeness (QED) is 0.636. The second-order valence-electron chi connectivity index (χ2n) is 4.52. The molecule has 0 radical (unpaired) electrons. The van der Waals surface area contributed by atoms with Crippen molar-refractivity contribution in [2.75, 3.05) is 13.1 Å². The summed E-state index contributed by atoms with van der Waals surface area (Å²) in [6.45, 7) is 3.95. The normalized spacial score (nSPS) is 25.9. The van der Waals surface area contributed by atoms with Gasteiger partial charge < -0.3 is 10.4 Å². The highest BCUT2D eigenvalue weighted by Gasteiger charge is 2.41. The molecule has 0 aromatic rings. The lowest BCUT2D eigenvalue weighted by molar-refractivity contribution is -0.142. The van der Waals surface area contributed by atoms with E-state index >= 15 is 0 Å². The zero-order valence-corrected chi connectivity index (χ0v) is 9.18. The van der Waals surface area contributed by atoms with E-state index in [9.17, 15) is 9.90 Å². The highest BCUT2D eigenvalue weighted by molar-refractivity contribution is 6.27. The molecule has 2 N–H and O–H groups in total. The maximum Gasteiger partial charge on any atom is 0.301 e. The number of unbranched alkanes of at least 4 members (excludes halogenated alkanes) is 1. The maximum absolute atomic E-state index is 11.3. The molecule has 1 saturated heterocycles. The molecular weight excluding hydrogens is 177 g/mol. The minimum Gasteiger partial charge on any atom is -0.481 e. The van der Waals surface area contributed by atoms with Gasteiger partial charge in [-0.25, -0.2) is 0 Å². The fourth-order valence-corrected chi connectivity index (χ4v) is 2.23. The molecule has 0 amide bonds. The molecule has 0 aromatic heterocycles. The molecule has 1 rings (SSSR count). The number of nitrogens with one attached hydrogen (secondary N) is 1. The minimum atomic E-state index is -0.625. The first-order valence-electron chi connectivity index (χ1n) is 5.55. The Morgan fingerprint density at radius 1 is 1.71 bits per heavy atom. The molecule has 0 saturated carbocycles. The van der Waals surface area contributed by atoms with Crippen LogP contribution in [-0.4, -0.2) is 32.0 Å². The Morgan fingerprint density at radius 3 is 2.86 bits per heavy atom. The van der Waals surface area contributed by atoms with Crippen molar-refractivity contribution in [3.63, 3.8) is 0 Å². The predicted octanol–water partition coefficient (Wildman–Crippen LogP) is 0.662. The van der Waals surface area contributed by atoms with E-state index in [2.05, 4.69) is 12.2 Å². The zero-order chi connectivity index (χ0) is 10.6. The Kier molecular flexibility index (Phi) is 3.99. The summed E-state index contributed by atoms with van der Waals surface area (Å²) in [4.78, 5) is 11.3. The third-order valence-electron chi connectivity index (χ3n) is 3.50. The molecule has 1 fully saturated rings. The van der Waals surface area contributed by atoms with Crippen molar-refractivity contribution in [1.29, 1.82) is 0 Å². The van der Waals surface area contributed by atoms with E-state index in [-0.39, 0.29) is 0 Å². The van der Waals surface area contributed by atoms with Crippen LogP contribution < -0.4 is 5.32 Å². The van der Waals surface area contributed by atoms with E-state index in [4.69, 9.17) is 0 Å². The van der Waals surface area contributed by atoms with Gasteiger partial charge in [-0.15, -0.1) is 0 Å². The van der Waals surface area contributed by atoms with Crippen LogP contribution in [0.15, 0.2) is 0 Å².